The maximum Gasteiger partial charge on any atom is 0.418 e. The predicted molar refractivity (Wildman–Crippen MR) is 111 cm³/mol. The molecule has 0 aliphatic rings. The van der Waals surface area contributed by atoms with Crippen LogP contribution < -0.4 is 15.5 Å². The Balaban J connectivity index is 1.87. The molecule has 2 N–H and O–H groups in total. The van der Waals surface area contributed by atoms with Gasteiger partial charge in [0, 0.05) is 15.2 Å². The second kappa shape index (κ2) is 10.4. The first-order valence-corrected chi connectivity index (χ1v) is 9.58. The lowest BCUT2D eigenvalue weighted by Gasteiger charge is -2.14. The van der Waals surface area contributed by atoms with Crippen molar-refractivity contribution < 1.29 is 27.5 Å². The Morgan fingerprint density at radius 1 is 1.13 bits per heavy atom. The van der Waals surface area contributed by atoms with Gasteiger partial charge in [0.1, 0.15) is 5.75 Å². The van der Waals surface area contributed by atoms with Crippen molar-refractivity contribution in [3.8, 4) is 5.75 Å². The van der Waals surface area contributed by atoms with Crippen LogP contribution >= 0.6 is 27.5 Å². The van der Waals surface area contributed by atoms with Crippen LogP contribution in [0.1, 0.15) is 18.9 Å². The van der Waals surface area contributed by atoms with E-state index in [9.17, 15) is 22.8 Å². The number of carbonyl (C=O) groups excluding carboxylic acids is 2. The normalized spacial score (nSPS) is 11.7. The highest BCUT2D eigenvalue weighted by molar-refractivity contribution is 9.10. The molecule has 0 saturated heterocycles. The molecule has 0 heterocycles. The molecule has 30 heavy (non-hydrogen) atoms. The Morgan fingerprint density at radius 2 is 1.80 bits per heavy atom. The zero-order valence-corrected chi connectivity index (χ0v) is 17.9. The molecule has 11 heteroatoms. The molecule has 0 atom stereocenters. The van der Waals surface area contributed by atoms with Crippen LogP contribution in [-0.2, 0) is 15.8 Å². The van der Waals surface area contributed by atoms with E-state index in [1.165, 1.54) is 13.0 Å². The van der Waals surface area contributed by atoms with E-state index in [0.717, 1.165) is 16.6 Å². The highest BCUT2D eigenvalue weighted by Gasteiger charge is 2.34. The number of hydrogen-bond acceptors (Lipinski definition) is 4. The summed E-state index contributed by atoms with van der Waals surface area (Å²) in [7, 11) is 0. The van der Waals surface area contributed by atoms with Gasteiger partial charge in [-0.15, -0.1) is 0 Å². The van der Waals surface area contributed by atoms with E-state index >= 15 is 0 Å². The minimum absolute atomic E-state index is 0.105. The van der Waals surface area contributed by atoms with Gasteiger partial charge in [-0.05, 0) is 49.4 Å². The predicted octanol–water partition coefficient (Wildman–Crippen LogP) is 5.02. The van der Waals surface area contributed by atoms with Crippen molar-refractivity contribution in [1.29, 1.82) is 0 Å². The quantitative estimate of drug-likeness (QED) is 0.409. The van der Waals surface area contributed by atoms with E-state index in [-0.39, 0.29) is 23.8 Å². The van der Waals surface area contributed by atoms with Crippen LogP contribution in [0.5, 0.6) is 5.75 Å². The van der Waals surface area contributed by atoms with E-state index in [2.05, 4.69) is 31.8 Å². The van der Waals surface area contributed by atoms with Crippen LogP contribution in [0.25, 0.3) is 0 Å². The highest BCUT2D eigenvalue weighted by atomic mass is 79.9. The molecular formula is C19H16BrClF3N3O3. The second-order valence-corrected chi connectivity index (χ2v) is 7.39. The number of hydrazone groups is 1. The molecule has 160 valence electrons. The third-order valence-corrected chi connectivity index (χ3v) is 4.30. The molecule has 0 aromatic heterocycles. The van der Waals surface area contributed by atoms with Gasteiger partial charge >= 0.3 is 6.18 Å². The van der Waals surface area contributed by atoms with Gasteiger partial charge in [0.15, 0.2) is 6.61 Å². The van der Waals surface area contributed by atoms with E-state index in [0.29, 0.717) is 5.75 Å². The van der Waals surface area contributed by atoms with Crippen molar-refractivity contribution >= 4 is 50.7 Å². The van der Waals surface area contributed by atoms with Crippen LogP contribution in [0.4, 0.5) is 18.9 Å². The number of alkyl halides is 3. The number of amides is 2. The SMILES string of the molecule is CC(CC(=O)Nc1ccc(Cl)cc1C(F)(F)F)=NNC(=O)COc1ccc(Br)cc1. The van der Waals surface area contributed by atoms with Crippen molar-refractivity contribution in [1.82, 2.24) is 5.43 Å². The summed E-state index contributed by atoms with van der Waals surface area (Å²) in [5, 5.41) is 5.81. The number of benzene rings is 2. The molecule has 0 fully saturated rings. The molecule has 2 aromatic rings. The van der Waals surface area contributed by atoms with Gasteiger partial charge < -0.3 is 10.1 Å². The third kappa shape index (κ3) is 7.68. The zero-order chi connectivity index (χ0) is 22.3. The molecule has 6 nitrogen and oxygen atoms in total. The highest BCUT2D eigenvalue weighted by Crippen LogP contribution is 2.36. The summed E-state index contributed by atoms with van der Waals surface area (Å²) in [6.45, 7) is 1.15. The molecule has 0 aliphatic heterocycles. The van der Waals surface area contributed by atoms with Gasteiger partial charge in [-0.3, -0.25) is 9.59 Å². The fourth-order valence-corrected chi connectivity index (χ4v) is 2.63. The Bertz CT molecular complexity index is 950. The third-order valence-electron chi connectivity index (χ3n) is 3.53. The van der Waals surface area contributed by atoms with Gasteiger partial charge in [0.25, 0.3) is 5.91 Å². The lowest BCUT2D eigenvalue weighted by Crippen LogP contribution is -2.26. The van der Waals surface area contributed by atoms with Crippen LogP contribution in [0.2, 0.25) is 5.02 Å². The van der Waals surface area contributed by atoms with E-state index in [1.807, 2.05) is 0 Å². The van der Waals surface area contributed by atoms with Crippen LogP contribution in [0.15, 0.2) is 52.0 Å². The number of ether oxygens (including phenoxy) is 1. The topological polar surface area (TPSA) is 79.8 Å². The largest absolute Gasteiger partial charge is 0.484 e. The molecule has 0 saturated carbocycles. The smallest absolute Gasteiger partial charge is 0.418 e. The molecule has 0 spiro atoms. The number of halogens is 5. The molecular weight excluding hydrogens is 491 g/mol. The van der Waals surface area contributed by atoms with Gasteiger partial charge in [-0.1, -0.05) is 27.5 Å². The number of rotatable bonds is 7. The van der Waals surface area contributed by atoms with Gasteiger partial charge in [0.05, 0.1) is 17.7 Å². The summed E-state index contributed by atoms with van der Waals surface area (Å²) in [4.78, 5) is 23.8. The lowest BCUT2D eigenvalue weighted by atomic mass is 10.1. The molecule has 0 bridgehead atoms. The summed E-state index contributed by atoms with van der Waals surface area (Å²) < 4.78 is 45.3. The first kappa shape index (κ1) is 23.7. The Hall–Kier alpha value is -2.59. The fourth-order valence-electron chi connectivity index (χ4n) is 2.20. The maximum absolute atomic E-state index is 13.1. The summed E-state index contributed by atoms with van der Waals surface area (Å²) in [6, 6.07) is 9.86. The zero-order valence-electron chi connectivity index (χ0n) is 15.5. The molecule has 0 unspecified atom stereocenters. The number of anilines is 1. The van der Waals surface area contributed by atoms with Crippen molar-refractivity contribution in [2.45, 2.75) is 19.5 Å². The van der Waals surface area contributed by atoms with Crippen molar-refractivity contribution in [2.24, 2.45) is 5.10 Å². The summed E-state index contributed by atoms with van der Waals surface area (Å²) in [5.41, 5.74) is 0.922. The van der Waals surface area contributed by atoms with E-state index in [4.69, 9.17) is 16.3 Å². The first-order chi connectivity index (χ1) is 14.0. The molecule has 2 rings (SSSR count). The first-order valence-electron chi connectivity index (χ1n) is 8.41. The van der Waals surface area contributed by atoms with Crippen molar-refractivity contribution in [3.05, 3.63) is 57.5 Å². The maximum atomic E-state index is 13.1. The Labute approximate surface area is 183 Å². The monoisotopic (exact) mass is 505 g/mol. The average molecular weight is 507 g/mol. The Kier molecular flexibility index (Phi) is 8.24. The summed E-state index contributed by atoms with van der Waals surface area (Å²) >= 11 is 8.88. The molecule has 2 amide bonds. The summed E-state index contributed by atoms with van der Waals surface area (Å²) in [6.07, 6.45) is -5.01. The van der Waals surface area contributed by atoms with Gasteiger partial charge in [0.2, 0.25) is 5.91 Å². The summed E-state index contributed by atoms with van der Waals surface area (Å²) in [5.74, 6) is -0.809. The van der Waals surface area contributed by atoms with Crippen LogP contribution in [0, 0.1) is 0 Å². The molecule has 0 aliphatic carbocycles. The Morgan fingerprint density at radius 3 is 2.43 bits per heavy atom. The lowest BCUT2D eigenvalue weighted by molar-refractivity contribution is -0.137. The molecule has 0 radical (unpaired) electrons. The second-order valence-electron chi connectivity index (χ2n) is 6.04. The fraction of sp³-hybridized carbons (Fsp3) is 0.211. The van der Waals surface area contributed by atoms with E-state index in [1.54, 1.807) is 24.3 Å². The van der Waals surface area contributed by atoms with Crippen molar-refractivity contribution in [2.75, 3.05) is 11.9 Å². The van der Waals surface area contributed by atoms with E-state index < -0.39 is 29.2 Å². The number of nitrogens with one attached hydrogen (secondary N) is 2. The minimum atomic E-state index is -4.68. The van der Waals surface area contributed by atoms with Crippen molar-refractivity contribution in [3.63, 3.8) is 0 Å². The van der Waals surface area contributed by atoms with Crippen LogP contribution in [0.3, 0.4) is 0 Å². The van der Waals surface area contributed by atoms with Gasteiger partial charge in [-0.25, -0.2) is 5.43 Å². The standard InChI is InChI=1S/C19H16BrClF3N3O3/c1-11(26-27-18(29)10-30-14-5-2-12(20)3-6-14)8-17(28)25-16-7-4-13(21)9-15(16)19(22,23)24/h2-7,9H,8,10H2,1H3,(H,25,28)(H,27,29). The number of carbonyl (C=O) groups is 2. The minimum Gasteiger partial charge on any atom is -0.484 e. The van der Waals surface area contributed by atoms with Gasteiger partial charge in [-0.2, -0.15) is 18.3 Å². The average Bonchev–Trinajstić information content (AvgIpc) is 2.66. The number of nitrogens with zero attached hydrogens (tertiary/aromatic N) is 1. The number of hydrogen-bond donors (Lipinski definition) is 2. The van der Waals surface area contributed by atoms with Crippen LogP contribution in [-0.4, -0.2) is 24.1 Å². The molecule has 2 aromatic carbocycles.